The van der Waals surface area contributed by atoms with Gasteiger partial charge in [-0.05, 0) is 73.2 Å². The van der Waals surface area contributed by atoms with E-state index < -0.39 is 6.04 Å². The number of amides is 2. The quantitative estimate of drug-likeness (QED) is 0.285. The molecule has 0 aliphatic heterocycles. The fourth-order valence-corrected chi connectivity index (χ4v) is 5.33. The van der Waals surface area contributed by atoms with E-state index in [0.29, 0.717) is 12.2 Å². The van der Waals surface area contributed by atoms with Crippen molar-refractivity contribution in [1.29, 1.82) is 0 Å². The van der Waals surface area contributed by atoms with Crippen LogP contribution in [0.3, 0.4) is 0 Å². The largest absolute Gasteiger partial charge is 0.484 e. The van der Waals surface area contributed by atoms with Crippen molar-refractivity contribution in [3.8, 4) is 5.75 Å². The monoisotopic (exact) mass is 594 g/mol. The number of hydrogen-bond donors (Lipinski definition) is 1. The van der Waals surface area contributed by atoms with Crippen LogP contribution in [0.2, 0.25) is 0 Å². The normalized spacial score (nSPS) is 14.5. The molecular weight excluding hydrogens is 559 g/mol. The molecule has 206 valence electrons. The second kappa shape index (κ2) is 13.7. The zero-order chi connectivity index (χ0) is 27.8. The molecule has 1 fully saturated rings. The van der Waals surface area contributed by atoms with Gasteiger partial charge in [-0.15, -0.1) is 0 Å². The average molecular weight is 596 g/mol. The second-order valence-corrected chi connectivity index (χ2v) is 11.1. The molecule has 4 rings (SSSR count). The Kier molecular flexibility index (Phi) is 10.2. The minimum atomic E-state index is -0.746. The van der Waals surface area contributed by atoms with Crippen LogP contribution in [0.1, 0.15) is 54.4 Å². The van der Waals surface area contributed by atoms with Crippen LogP contribution in [0.15, 0.2) is 71.2 Å². The van der Waals surface area contributed by atoms with Gasteiger partial charge in [0.15, 0.2) is 6.61 Å². The maximum atomic E-state index is 13.8. The topological polar surface area (TPSA) is 58.6 Å². The molecule has 3 aromatic carbocycles. The Hall–Kier alpha value is -3.19. The lowest BCUT2D eigenvalue weighted by atomic mass is 9.94. The molecule has 1 atom stereocenters. The number of halogens is 2. The summed E-state index contributed by atoms with van der Waals surface area (Å²) in [5.41, 5.74) is 3.71. The van der Waals surface area contributed by atoms with E-state index in [9.17, 15) is 14.0 Å². The highest BCUT2D eigenvalue weighted by Gasteiger charge is 2.32. The Morgan fingerprint density at radius 3 is 2.26 bits per heavy atom. The summed E-state index contributed by atoms with van der Waals surface area (Å²) in [5, 5.41) is 3.23. The Labute approximate surface area is 238 Å². The Bertz CT molecular complexity index is 1240. The fourth-order valence-electron chi connectivity index (χ4n) is 5.10. The summed E-state index contributed by atoms with van der Waals surface area (Å²) in [7, 11) is 0. The van der Waals surface area contributed by atoms with Gasteiger partial charge < -0.3 is 15.0 Å². The van der Waals surface area contributed by atoms with Crippen molar-refractivity contribution in [1.82, 2.24) is 10.2 Å². The van der Waals surface area contributed by atoms with Crippen LogP contribution in [0.4, 0.5) is 4.39 Å². The van der Waals surface area contributed by atoms with Crippen molar-refractivity contribution >= 4 is 27.7 Å². The van der Waals surface area contributed by atoms with Gasteiger partial charge in [0.1, 0.15) is 17.6 Å². The summed E-state index contributed by atoms with van der Waals surface area (Å²) >= 11 is 3.56. The number of nitrogens with zero attached hydrogens (tertiary/aromatic N) is 1. The number of benzene rings is 3. The smallest absolute Gasteiger partial charge is 0.261 e. The Morgan fingerprint density at radius 2 is 1.62 bits per heavy atom. The molecule has 1 aliphatic carbocycles. The number of nitrogens with one attached hydrogen (secondary N) is 1. The van der Waals surface area contributed by atoms with Gasteiger partial charge in [0.2, 0.25) is 5.91 Å². The maximum Gasteiger partial charge on any atom is 0.261 e. The second-order valence-electron chi connectivity index (χ2n) is 10.4. The third-order valence-electron chi connectivity index (χ3n) is 7.26. The predicted molar refractivity (Wildman–Crippen MR) is 155 cm³/mol. The van der Waals surface area contributed by atoms with E-state index in [4.69, 9.17) is 4.74 Å². The van der Waals surface area contributed by atoms with E-state index in [1.54, 1.807) is 17.0 Å². The molecule has 0 bridgehead atoms. The first-order chi connectivity index (χ1) is 18.8. The summed E-state index contributed by atoms with van der Waals surface area (Å²) in [6.45, 7) is 3.89. The molecule has 1 saturated carbocycles. The molecule has 0 heterocycles. The third-order valence-corrected chi connectivity index (χ3v) is 8.51. The summed E-state index contributed by atoms with van der Waals surface area (Å²) in [5.74, 6) is -0.236. The molecular formula is C32H36BrFN2O3. The lowest BCUT2D eigenvalue weighted by Crippen LogP contribution is -2.53. The molecule has 0 aromatic heterocycles. The van der Waals surface area contributed by atoms with Crippen LogP contribution in [0.25, 0.3) is 0 Å². The highest BCUT2D eigenvalue weighted by Crippen LogP contribution is 2.27. The van der Waals surface area contributed by atoms with Gasteiger partial charge in [-0.2, -0.15) is 0 Å². The van der Waals surface area contributed by atoms with E-state index in [2.05, 4.69) is 21.2 Å². The van der Waals surface area contributed by atoms with Crippen molar-refractivity contribution in [2.45, 2.75) is 71.0 Å². The van der Waals surface area contributed by atoms with Gasteiger partial charge in [0.25, 0.3) is 5.91 Å². The predicted octanol–water partition coefficient (Wildman–Crippen LogP) is 6.67. The van der Waals surface area contributed by atoms with Crippen molar-refractivity contribution in [3.05, 3.63) is 99.3 Å². The highest BCUT2D eigenvalue weighted by molar-refractivity contribution is 9.10. The van der Waals surface area contributed by atoms with Crippen LogP contribution < -0.4 is 10.1 Å². The number of carbonyl (C=O) groups is 2. The molecule has 1 N–H and O–H groups in total. The molecule has 0 spiro atoms. The molecule has 1 unspecified atom stereocenters. The Morgan fingerprint density at radius 1 is 0.974 bits per heavy atom. The van der Waals surface area contributed by atoms with E-state index in [-0.39, 0.29) is 36.8 Å². The fraction of sp³-hybridized carbons (Fsp3) is 0.375. The molecule has 2 amide bonds. The van der Waals surface area contributed by atoms with Gasteiger partial charge in [0.05, 0.1) is 0 Å². The standard InChI is InChI=1S/C32H36BrFN2O3/c1-22-17-28(18-23(2)31(22)33)39-21-30(37)36(20-25-13-15-26(34)16-14-25)29(19-24-9-5-3-6-10-24)32(38)35-27-11-7-4-8-12-27/h3,5-6,9-10,13-18,27,29H,4,7-8,11-12,19-21H2,1-2H3,(H,35,38). The first-order valence-corrected chi connectivity index (χ1v) is 14.4. The summed E-state index contributed by atoms with van der Waals surface area (Å²) < 4.78 is 20.6. The van der Waals surface area contributed by atoms with E-state index >= 15 is 0 Å². The van der Waals surface area contributed by atoms with Crippen molar-refractivity contribution < 1.29 is 18.7 Å². The van der Waals surface area contributed by atoms with Gasteiger partial charge in [-0.25, -0.2) is 4.39 Å². The number of hydrogen-bond acceptors (Lipinski definition) is 3. The minimum absolute atomic E-state index is 0.109. The van der Waals surface area contributed by atoms with Gasteiger partial charge >= 0.3 is 0 Å². The number of ether oxygens (including phenoxy) is 1. The minimum Gasteiger partial charge on any atom is -0.484 e. The average Bonchev–Trinajstić information content (AvgIpc) is 2.94. The van der Waals surface area contributed by atoms with Gasteiger partial charge in [0, 0.05) is 23.5 Å². The number of carbonyl (C=O) groups excluding carboxylic acids is 2. The molecule has 0 radical (unpaired) electrons. The molecule has 0 saturated heterocycles. The molecule has 5 nitrogen and oxygen atoms in total. The van der Waals surface area contributed by atoms with Crippen LogP contribution in [0, 0.1) is 19.7 Å². The SMILES string of the molecule is Cc1cc(OCC(=O)N(Cc2ccc(F)cc2)C(Cc2ccccc2)C(=O)NC2CCCCC2)cc(C)c1Br. The lowest BCUT2D eigenvalue weighted by molar-refractivity contribution is -0.143. The van der Waals surface area contributed by atoms with Crippen LogP contribution in [0.5, 0.6) is 5.75 Å². The summed E-state index contributed by atoms with van der Waals surface area (Å²) in [6, 6.07) is 18.9. The van der Waals surface area contributed by atoms with Crippen molar-refractivity contribution in [3.63, 3.8) is 0 Å². The molecule has 3 aromatic rings. The van der Waals surface area contributed by atoms with E-state index in [1.807, 2.05) is 56.3 Å². The Balaban J connectivity index is 1.61. The zero-order valence-electron chi connectivity index (χ0n) is 22.6. The van der Waals surface area contributed by atoms with Gasteiger partial charge in [-0.3, -0.25) is 9.59 Å². The van der Waals surface area contributed by atoms with E-state index in [1.165, 1.54) is 18.6 Å². The van der Waals surface area contributed by atoms with Crippen molar-refractivity contribution in [2.24, 2.45) is 0 Å². The number of aryl methyl sites for hydroxylation is 2. The third kappa shape index (κ3) is 8.15. The molecule has 1 aliphatic rings. The zero-order valence-corrected chi connectivity index (χ0v) is 24.2. The van der Waals surface area contributed by atoms with Crippen LogP contribution >= 0.6 is 15.9 Å². The summed E-state index contributed by atoms with van der Waals surface area (Å²) in [4.78, 5) is 29.2. The summed E-state index contributed by atoms with van der Waals surface area (Å²) in [6.07, 6.45) is 5.62. The van der Waals surface area contributed by atoms with Gasteiger partial charge in [-0.1, -0.05) is 77.7 Å². The van der Waals surface area contributed by atoms with E-state index in [0.717, 1.165) is 52.4 Å². The first-order valence-electron chi connectivity index (χ1n) is 13.6. The highest BCUT2D eigenvalue weighted by atomic mass is 79.9. The number of rotatable bonds is 10. The first kappa shape index (κ1) is 28.8. The van der Waals surface area contributed by atoms with Crippen LogP contribution in [-0.2, 0) is 22.6 Å². The lowest BCUT2D eigenvalue weighted by Gasteiger charge is -2.33. The molecule has 39 heavy (non-hydrogen) atoms. The maximum absolute atomic E-state index is 13.8. The van der Waals surface area contributed by atoms with Crippen molar-refractivity contribution in [2.75, 3.05) is 6.61 Å². The molecule has 7 heteroatoms. The van der Waals surface area contributed by atoms with Crippen LogP contribution in [-0.4, -0.2) is 35.4 Å².